The first kappa shape index (κ1) is 15.5. The maximum absolute atomic E-state index is 12.5. The van der Waals surface area contributed by atoms with Crippen molar-refractivity contribution < 1.29 is 8.42 Å². The van der Waals surface area contributed by atoms with Gasteiger partial charge in [0.05, 0.1) is 6.33 Å². The van der Waals surface area contributed by atoms with Gasteiger partial charge < -0.3 is 9.88 Å². The van der Waals surface area contributed by atoms with Crippen LogP contribution < -0.4 is 5.32 Å². The Bertz CT molecular complexity index is 538. The predicted molar refractivity (Wildman–Crippen MR) is 77.9 cm³/mol. The molecule has 1 aliphatic rings. The summed E-state index contributed by atoms with van der Waals surface area (Å²) in [7, 11) is -1.54. The summed E-state index contributed by atoms with van der Waals surface area (Å²) >= 11 is 0. The van der Waals surface area contributed by atoms with Gasteiger partial charge in [-0.05, 0) is 31.8 Å². The van der Waals surface area contributed by atoms with E-state index in [-0.39, 0.29) is 5.03 Å². The van der Waals surface area contributed by atoms with Crippen LogP contribution in [0.5, 0.6) is 0 Å². The molecule has 1 aromatic rings. The van der Waals surface area contributed by atoms with Crippen LogP contribution in [0.4, 0.5) is 0 Å². The minimum Gasteiger partial charge on any atom is -0.336 e. The molecule has 7 heteroatoms. The second-order valence-electron chi connectivity index (χ2n) is 5.88. The summed E-state index contributed by atoms with van der Waals surface area (Å²) in [6.45, 7) is 7.00. The van der Waals surface area contributed by atoms with Gasteiger partial charge in [0, 0.05) is 25.8 Å². The Balaban J connectivity index is 2.09. The first-order valence-corrected chi connectivity index (χ1v) is 8.54. The average molecular weight is 300 g/mol. The van der Waals surface area contributed by atoms with Gasteiger partial charge in [0.1, 0.15) is 0 Å². The third kappa shape index (κ3) is 3.39. The number of hydrogen-bond donors (Lipinski definition) is 1. The molecule has 1 aromatic heterocycles. The zero-order chi connectivity index (χ0) is 14.8. The SMILES string of the molecule is CNCC1CCN(S(=O)(=O)c2cn(CC(C)C)cn2)C1. The minimum atomic E-state index is -3.43. The molecule has 0 saturated carbocycles. The highest BCUT2D eigenvalue weighted by atomic mass is 32.2. The molecule has 1 atom stereocenters. The second-order valence-corrected chi connectivity index (χ2v) is 7.76. The van der Waals surface area contributed by atoms with Crippen molar-refractivity contribution in [1.29, 1.82) is 0 Å². The third-order valence-corrected chi connectivity index (χ3v) is 5.28. The fourth-order valence-corrected chi connectivity index (χ4v) is 4.06. The van der Waals surface area contributed by atoms with Crippen LogP contribution in [0.3, 0.4) is 0 Å². The molecule has 0 aliphatic carbocycles. The lowest BCUT2D eigenvalue weighted by molar-refractivity contribution is 0.449. The monoisotopic (exact) mass is 300 g/mol. The number of rotatable bonds is 6. The number of sulfonamides is 1. The fourth-order valence-electron chi connectivity index (χ4n) is 2.60. The Labute approximate surface area is 121 Å². The summed E-state index contributed by atoms with van der Waals surface area (Å²) in [5, 5.41) is 3.28. The molecule has 0 amide bonds. The number of imidazole rings is 1. The van der Waals surface area contributed by atoms with Crippen molar-refractivity contribution in [1.82, 2.24) is 19.2 Å². The summed E-state index contributed by atoms with van der Waals surface area (Å²) in [6.07, 6.45) is 4.15. The van der Waals surface area contributed by atoms with Gasteiger partial charge in [0.15, 0.2) is 5.03 Å². The van der Waals surface area contributed by atoms with Gasteiger partial charge in [0.2, 0.25) is 0 Å². The Morgan fingerprint density at radius 2 is 2.25 bits per heavy atom. The lowest BCUT2D eigenvalue weighted by Gasteiger charge is -2.14. The molecule has 1 fully saturated rings. The standard InChI is InChI=1S/C13H24N4O2S/c1-11(2)7-16-9-13(15-10-16)20(18,19)17-5-4-12(8-17)6-14-3/h9-12,14H,4-8H2,1-3H3. The fraction of sp³-hybridized carbons (Fsp3) is 0.769. The van der Waals surface area contributed by atoms with E-state index in [1.54, 1.807) is 16.8 Å². The molecule has 0 radical (unpaired) electrons. The van der Waals surface area contributed by atoms with Crippen LogP contribution in [-0.2, 0) is 16.6 Å². The maximum Gasteiger partial charge on any atom is 0.262 e. The zero-order valence-electron chi connectivity index (χ0n) is 12.4. The normalized spacial score (nSPS) is 20.9. The van der Waals surface area contributed by atoms with Crippen molar-refractivity contribution in [3.8, 4) is 0 Å². The van der Waals surface area contributed by atoms with Gasteiger partial charge in [-0.1, -0.05) is 13.8 Å². The summed E-state index contributed by atoms with van der Waals surface area (Å²) < 4.78 is 28.4. The molecule has 0 bridgehead atoms. The Morgan fingerprint density at radius 3 is 2.90 bits per heavy atom. The van der Waals surface area contributed by atoms with Crippen molar-refractivity contribution in [2.24, 2.45) is 11.8 Å². The highest BCUT2D eigenvalue weighted by molar-refractivity contribution is 7.89. The van der Waals surface area contributed by atoms with Crippen LogP contribution in [-0.4, -0.2) is 49.0 Å². The van der Waals surface area contributed by atoms with Gasteiger partial charge in [0.25, 0.3) is 10.0 Å². The predicted octanol–water partition coefficient (Wildman–Crippen LogP) is 0.769. The molecular formula is C13H24N4O2S. The van der Waals surface area contributed by atoms with Crippen LogP contribution in [0, 0.1) is 11.8 Å². The lowest BCUT2D eigenvalue weighted by atomic mass is 10.1. The van der Waals surface area contributed by atoms with Gasteiger partial charge in [-0.3, -0.25) is 0 Å². The molecule has 6 nitrogen and oxygen atoms in total. The quantitative estimate of drug-likeness (QED) is 0.842. The van der Waals surface area contributed by atoms with E-state index >= 15 is 0 Å². The Hall–Kier alpha value is -0.920. The molecule has 1 aliphatic heterocycles. The highest BCUT2D eigenvalue weighted by Crippen LogP contribution is 2.23. The van der Waals surface area contributed by atoms with E-state index in [0.717, 1.165) is 19.5 Å². The van der Waals surface area contributed by atoms with E-state index in [9.17, 15) is 8.42 Å². The van der Waals surface area contributed by atoms with Gasteiger partial charge in [-0.25, -0.2) is 13.4 Å². The van der Waals surface area contributed by atoms with Crippen LogP contribution in [0.15, 0.2) is 17.6 Å². The maximum atomic E-state index is 12.5. The first-order chi connectivity index (χ1) is 9.43. The first-order valence-electron chi connectivity index (χ1n) is 7.10. The molecule has 0 spiro atoms. The van der Waals surface area contributed by atoms with Crippen LogP contribution in [0.2, 0.25) is 0 Å². The van der Waals surface area contributed by atoms with Crippen molar-refractivity contribution >= 4 is 10.0 Å². The largest absolute Gasteiger partial charge is 0.336 e. The molecule has 1 saturated heterocycles. The van der Waals surface area contributed by atoms with Gasteiger partial charge >= 0.3 is 0 Å². The number of nitrogens with one attached hydrogen (secondary N) is 1. The van der Waals surface area contributed by atoms with E-state index in [4.69, 9.17) is 0 Å². The topological polar surface area (TPSA) is 67.2 Å². The minimum absolute atomic E-state index is 0.170. The van der Waals surface area contributed by atoms with Crippen LogP contribution in [0.25, 0.3) is 0 Å². The molecular weight excluding hydrogens is 276 g/mol. The van der Waals surface area contributed by atoms with Crippen molar-refractivity contribution in [2.45, 2.75) is 31.8 Å². The molecule has 1 unspecified atom stereocenters. The molecule has 114 valence electrons. The lowest BCUT2D eigenvalue weighted by Crippen LogP contribution is -2.30. The van der Waals surface area contributed by atoms with E-state index in [2.05, 4.69) is 24.1 Å². The summed E-state index contributed by atoms with van der Waals surface area (Å²) in [5.41, 5.74) is 0. The average Bonchev–Trinajstić information content (AvgIpc) is 2.98. The summed E-state index contributed by atoms with van der Waals surface area (Å²) in [5.74, 6) is 0.860. The molecule has 2 heterocycles. The Morgan fingerprint density at radius 1 is 1.50 bits per heavy atom. The van der Waals surface area contributed by atoms with Crippen molar-refractivity contribution in [3.63, 3.8) is 0 Å². The molecule has 2 rings (SSSR count). The van der Waals surface area contributed by atoms with Crippen LogP contribution in [0.1, 0.15) is 20.3 Å². The number of hydrogen-bond acceptors (Lipinski definition) is 4. The molecule has 1 N–H and O–H groups in total. The summed E-state index contributed by atoms with van der Waals surface area (Å²) in [4.78, 5) is 4.07. The molecule has 20 heavy (non-hydrogen) atoms. The van der Waals surface area contributed by atoms with Gasteiger partial charge in [-0.15, -0.1) is 0 Å². The van der Waals surface area contributed by atoms with Gasteiger partial charge in [-0.2, -0.15) is 4.31 Å². The Kier molecular flexibility index (Phi) is 4.82. The van der Waals surface area contributed by atoms with E-state index in [0.29, 0.717) is 24.9 Å². The molecule has 0 aromatic carbocycles. The van der Waals surface area contributed by atoms with Crippen LogP contribution >= 0.6 is 0 Å². The van der Waals surface area contributed by atoms with Crippen molar-refractivity contribution in [3.05, 3.63) is 12.5 Å². The number of nitrogens with zero attached hydrogens (tertiary/aromatic N) is 3. The highest BCUT2D eigenvalue weighted by Gasteiger charge is 2.33. The third-order valence-electron chi connectivity index (χ3n) is 3.53. The summed E-state index contributed by atoms with van der Waals surface area (Å²) in [6, 6.07) is 0. The van der Waals surface area contributed by atoms with E-state index < -0.39 is 10.0 Å². The van der Waals surface area contributed by atoms with Crippen molar-refractivity contribution in [2.75, 3.05) is 26.7 Å². The van der Waals surface area contributed by atoms with E-state index in [1.807, 2.05) is 11.6 Å². The van der Waals surface area contributed by atoms with E-state index in [1.165, 1.54) is 0 Å². The second kappa shape index (κ2) is 6.24. The smallest absolute Gasteiger partial charge is 0.262 e. The number of aromatic nitrogens is 2. The zero-order valence-corrected chi connectivity index (χ0v) is 13.2.